The number of nitrogens with one attached hydrogen (secondary N) is 1. The summed E-state index contributed by atoms with van der Waals surface area (Å²) < 4.78 is 19.6. The molecule has 1 aliphatic heterocycles. The lowest BCUT2D eigenvalue weighted by Gasteiger charge is -2.09. The van der Waals surface area contributed by atoms with E-state index in [1.165, 1.54) is 32.4 Å². The van der Waals surface area contributed by atoms with E-state index in [2.05, 4.69) is 14.8 Å². The maximum atomic E-state index is 12.6. The lowest BCUT2D eigenvalue weighted by molar-refractivity contribution is -0.142. The number of furan rings is 1. The molecule has 3 amide bonds. The lowest BCUT2D eigenvalue weighted by Crippen LogP contribution is -2.30. The van der Waals surface area contributed by atoms with Crippen molar-refractivity contribution in [3.8, 4) is 5.75 Å². The largest absolute Gasteiger partial charge is 0.482 e. The van der Waals surface area contributed by atoms with Crippen LogP contribution in [0.5, 0.6) is 5.75 Å². The third-order valence-electron chi connectivity index (χ3n) is 4.10. The van der Waals surface area contributed by atoms with Crippen LogP contribution in [-0.2, 0) is 25.6 Å². The quantitative estimate of drug-likeness (QED) is 0.412. The summed E-state index contributed by atoms with van der Waals surface area (Å²) in [6.45, 7) is -0.357. The number of carbonyl (C=O) groups excluding carboxylic acids is 4. The number of amides is 3. The van der Waals surface area contributed by atoms with Gasteiger partial charge in [0.05, 0.1) is 20.8 Å². The molecule has 10 nitrogen and oxygen atoms in total. The van der Waals surface area contributed by atoms with E-state index in [-0.39, 0.29) is 30.4 Å². The van der Waals surface area contributed by atoms with E-state index < -0.39 is 23.9 Å². The van der Waals surface area contributed by atoms with E-state index in [0.717, 1.165) is 4.90 Å². The number of nitrogens with zero attached hydrogens (tertiary/aromatic N) is 1. The molecule has 0 atom stereocenters. The van der Waals surface area contributed by atoms with Gasteiger partial charge in [-0.05, 0) is 35.9 Å². The highest BCUT2D eigenvalue weighted by Crippen LogP contribution is 2.20. The van der Waals surface area contributed by atoms with Gasteiger partial charge < -0.3 is 23.9 Å². The Kier molecular flexibility index (Phi) is 6.16. The first kappa shape index (κ1) is 20.6. The molecule has 1 aliphatic rings. The zero-order valence-electron chi connectivity index (χ0n) is 16.2. The molecule has 156 valence electrons. The molecule has 0 radical (unpaired) electrons. The van der Waals surface area contributed by atoms with Gasteiger partial charge in [-0.25, -0.2) is 14.4 Å². The Hall–Kier alpha value is -4.08. The zero-order valence-corrected chi connectivity index (χ0v) is 16.2. The molecule has 3 rings (SSSR count). The molecular weight excluding hydrogens is 396 g/mol. The van der Waals surface area contributed by atoms with Crippen LogP contribution >= 0.6 is 0 Å². The molecule has 0 spiro atoms. The van der Waals surface area contributed by atoms with Crippen LogP contribution in [-0.4, -0.2) is 49.6 Å². The highest BCUT2D eigenvalue weighted by molar-refractivity contribution is 6.13. The molecule has 30 heavy (non-hydrogen) atoms. The van der Waals surface area contributed by atoms with E-state index in [4.69, 9.17) is 9.15 Å². The third-order valence-corrected chi connectivity index (χ3v) is 4.10. The summed E-state index contributed by atoms with van der Waals surface area (Å²) in [5, 5.41) is 2.50. The number of hydrogen-bond acceptors (Lipinski definition) is 8. The normalized spacial score (nSPS) is 14.6. The van der Waals surface area contributed by atoms with Crippen LogP contribution in [0.15, 0.2) is 46.5 Å². The van der Waals surface area contributed by atoms with Gasteiger partial charge in [0, 0.05) is 0 Å². The van der Waals surface area contributed by atoms with Crippen LogP contribution in [0.1, 0.15) is 21.9 Å². The minimum absolute atomic E-state index is 0.0233. The Morgan fingerprint density at radius 1 is 1.07 bits per heavy atom. The van der Waals surface area contributed by atoms with Gasteiger partial charge in [0.15, 0.2) is 6.61 Å². The van der Waals surface area contributed by atoms with Gasteiger partial charge in [-0.15, -0.1) is 0 Å². The number of benzene rings is 1. The second-order valence-electron chi connectivity index (χ2n) is 6.07. The SMILES string of the molecule is COC(=O)COc1ccc(C=C2NC(=O)N(Cc3ccc(C(=O)OC)o3)C2=O)cc1. The molecule has 0 saturated carbocycles. The highest BCUT2D eigenvalue weighted by atomic mass is 16.6. The molecular formula is C20H18N2O8. The minimum atomic E-state index is -0.655. The van der Waals surface area contributed by atoms with Crippen molar-refractivity contribution in [3.63, 3.8) is 0 Å². The first-order valence-corrected chi connectivity index (χ1v) is 8.72. The molecule has 1 fully saturated rings. The van der Waals surface area contributed by atoms with Crippen LogP contribution in [0.25, 0.3) is 6.08 Å². The average Bonchev–Trinajstić information content (AvgIpc) is 3.33. The van der Waals surface area contributed by atoms with Crippen LogP contribution < -0.4 is 10.1 Å². The molecule has 1 aromatic carbocycles. The Balaban J connectivity index is 1.66. The summed E-state index contributed by atoms with van der Waals surface area (Å²) in [5.74, 6) is -1.02. The molecule has 10 heteroatoms. The smallest absolute Gasteiger partial charge is 0.373 e. The lowest BCUT2D eigenvalue weighted by atomic mass is 10.2. The maximum Gasteiger partial charge on any atom is 0.373 e. The zero-order chi connectivity index (χ0) is 21.7. The predicted molar refractivity (Wildman–Crippen MR) is 101 cm³/mol. The molecule has 0 bridgehead atoms. The maximum absolute atomic E-state index is 12.6. The van der Waals surface area contributed by atoms with Crippen molar-refractivity contribution in [2.45, 2.75) is 6.54 Å². The number of rotatable bonds is 7. The van der Waals surface area contributed by atoms with Crippen molar-refractivity contribution in [1.29, 1.82) is 0 Å². The number of esters is 2. The predicted octanol–water partition coefficient (Wildman–Crippen LogP) is 1.71. The first-order valence-electron chi connectivity index (χ1n) is 8.72. The van der Waals surface area contributed by atoms with Crippen molar-refractivity contribution >= 4 is 30.0 Å². The molecule has 1 saturated heterocycles. The van der Waals surface area contributed by atoms with Gasteiger partial charge in [0.1, 0.15) is 17.2 Å². The van der Waals surface area contributed by atoms with Gasteiger partial charge in [0.2, 0.25) is 5.76 Å². The highest BCUT2D eigenvalue weighted by Gasteiger charge is 2.34. The molecule has 1 aromatic heterocycles. The topological polar surface area (TPSA) is 124 Å². The Morgan fingerprint density at radius 3 is 2.47 bits per heavy atom. The van der Waals surface area contributed by atoms with Gasteiger partial charge in [-0.1, -0.05) is 12.1 Å². The molecule has 0 unspecified atom stereocenters. The van der Waals surface area contributed by atoms with Gasteiger partial charge in [0.25, 0.3) is 5.91 Å². The van der Waals surface area contributed by atoms with Crippen LogP contribution in [0, 0.1) is 0 Å². The Morgan fingerprint density at radius 2 is 1.80 bits per heavy atom. The Labute approximate surface area is 171 Å². The molecule has 2 heterocycles. The average molecular weight is 414 g/mol. The van der Waals surface area contributed by atoms with Crippen LogP contribution in [0.4, 0.5) is 4.79 Å². The van der Waals surface area contributed by atoms with E-state index in [1.54, 1.807) is 24.3 Å². The van der Waals surface area contributed by atoms with E-state index in [9.17, 15) is 19.2 Å². The summed E-state index contributed by atoms with van der Waals surface area (Å²) >= 11 is 0. The van der Waals surface area contributed by atoms with Crippen molar-refractivity contribution in [3.05, 3.63) is 59.2 Å². The molecule has 2 aromatic rings. The summed E-state index contributed by atoms with van der Waals surface area (Å²) in [6.07, 6.45) is 1.51. The summed E-state index contributed by atoms with van der Waals surface area (Å²) in [7, 11) is 2.48. The second kappa shape index (κ2) is 8.95. The second-order valence-corrected chi connectivity index (χ2v) is 6.07. The van der Waals surface area contributed by atoms with E-state index in [1.807, 2.05) is 0 Å². The van der Waals surface area contributed by atoms with Crippen molar-refractivity contribution in [1.82, 2.24) is 10.2 Å². The van der Waals surface area contributed by atoms with Gasteiger partial charge in [-0.2, -0.15) is 0 Å². The number of carbonyl (C=O) groups is 4. The standard InChI is InChI=1S/C20H18N2O8/c1-27-17(23)11-29-13-5-3-12(4-6-13)9-15-18(24)22(20(26)21-15)10-14-7-8-16(30-14)19(25)28-2/h3-9H,10-11H2,1-2H3,(H,21,26). The fraction of sp³-hybridized carbons (Fsp3) is 0.200. The first-order chi connectivity index (χ1) is 14.4. The van der Waals surface area contributed by atoms with E-state index >= 15 is 0 Å². The summed E-state index contributed by atoms with van der Waals surface area (Å²) in [6, 6.07) is 8.84. The number of urea groups is 1. The van der Waals surface area contributed by atoms with Crippen LogP contribution in [0.2, 0.25) is 0 Å². The molecule has 0 aliphatic carbocycles. The van der Waals surface area contributed by atoms with Gasteiger partial charge in [-0.3, -0.25) is 9.69 Å². The van der Waals surface area contributed by atoms with Crippen molar-refractivity contribution in [2.24, 2.45) is 0 Å². The van der Waals surface area contributed by atoms with Crippen LogP contribution in [0.3, 0.4) is 0 Å². The Bertz CT molecular complexity index is 1010. The number of ether oxygens (including phenoxy) is 3. The number of methoxy groups -OCH3 is 2. The summed E-state index contributed by atoms with van der Waals surface area (Å²) in [5.41, 5.74) is 0.722. The summed E-state index contributed by atoms with van der Waals surface area (Å²) in [4.78, 5) is 48.2. The fourth-order valence-electron chi connectivity index (χ4n) is 2.57. The number of hydrogen-bond donors (Lipinski definition) is 1. The molecule has 1 N–H and O–H groups in total. The number of imide groups is 1. The third kappa shape index (κ3) is 4.66. The van der Waals surface area contributed by atoms with Crippen molar-refractivity contribution < 1.29 is 37.8 Å². The van der Waals surface area contributed by atoms with E-state index in [0.29, 0.717) is 11.3 Å². The monoisotopic (exact) mass is 414 g/mol. The van der Waals surface area contributed by atoms with Crippen molar-refractivity contribution in [2.75, 3.05) is 20.8 Å². The van der Waals surface area contributed by atoms with Gasteiger partial charge >= 0.3 is 18.0 Å². The fourth-order valence-corrected chi connectivity index (χ4v) is 2.57. The minimum Gasteiger partial charge on any atom is -0.482 e.